The average molecular weight is 324 g/mol. The summed E-state index contributed by atoms with van der Waals surface area (Å²) in [5.41, 5.74) is 1.94. The van der Waals surface area contributed by atoms with Crippen molar-refractivity contribution in [1.29, 1.82) is 0 Å². The predicted octanol–water partition coefficient (Wildman–Crippen LogP) is 2.82. The third-order valence-electron chi connectivity index (χ3n) is 3.85. The second kappa shape index (κ2) is 6.57. The van der Waals surface area contributed by atoms with Gasteiger partial charge in [0.05, 0.1) is 17.3 Å². The molecule has 0 bridgehead atoms. The molecule has 3 aromatic rings. The first-order chi connectivity index (χ1) is 11.5. The average Bonchev–Trinajstić information content (AvgIpc) is 2.97. The Morgan fingerprint density at radius 3 is 2.58 bits per heavy atom. The van der Waals surface area contributed by atoms with E-state index in [4.69, 9.17) is 0 Å². The van der Waals surface area contributed by atoms with Crippen molar-refractivity contribution < 1.29 is 0 Å². The zero-order valence-corrected chi connectivity index (χ0v) is 14.7. The van der Waals surface area contributed by atoms with Crippen LogP contribution >= 0.6 is 0 Å². The normalized spacial score (nSPS) is 12.0. The molecule has 1 aromatic carbocycles. The van der Waals surface area contributed by atoms with E-state index >= 15 is 0 Å². The molecule has 2 aromatic heterocycles. The predicted molar refractivity (Wildman–Crippen MR) is 97.5 cm³/mol. The number of hydrogen-bond donors (Lipinski definition) is 1. The molecule has 0 spiro atoms. The first kappa shape index (κ1) is 16.4. The number of aromatic nitrogens is 4. The summed E-state index contributed by atoms with van der Waals surface area (Å²) < 4.78 is 1.84. The molecule has 0 saturated carbocycles. The molecule has 6 nitrogen and oxygen atoms in total. The Kier molecular flexibility index (Phi) is 4.49. The van der Waals surface area contributed by atoms with Gasteiger partial charge in [-0.25, -0.2) is 14.6 Å². The lowest BCUT2D eigenvalue weighted by Gasteiger charge is -2.28. The Labute approximate surface area is 142 Å². The maximum Gasteiger partial charge on any atom is 0.168 e. The van der Waals surface area contributed by atoms with Gasteiger partial charge in [-0.2, -0.15) is 5.10 Å². The molecule has 2 heterocycles. The maximum absolute atomic E-state index is 4.48. The van der Waals surface area contributed by atoms with Gasteiger partial charge in [0.25, 0.3) is 0 Å². The molecular formula is C18H24N6. The summed E-state index contributed by atoms with van der Waals surface area (Å²) in [6, 6.07) is 10.0. The van der Waals surface area contributed by atoms with E-state index in [0.717, 1.165) is 35.6 Å². The number of fused-ring (bicyclic) bond motifs is 1. The van der Waals surface area contributed by atoms with Gasteiger partial charge in [0.1, 0.15) is 12.1 Å². The van der Waals surface area contributed by atoms with E-state index in [0.29, 0.717) is 0 Å². The van der Waals surface area contributed by atoms with Crippen LogP contribution in [0.1, 0.15) is 13.8 Å². The summed E-state index contributed by atoms with van der Waals surface area (Å²) in [5.74, 6) is 0.828. The number of hydrogen-bond acceptors (Lipinski definition) is 5. The molecular weight excluding hydrogens is 300 g/mol. The number of benzene rings is 1. The molecule has 126 valence electrons. The van der Waals surface area contributed by atoms with Crippen molar-refractivity contribution in [2.24, 2.45) is 5.41 Å². The van der Waals surface area contributed by atoms with Gasteiger partial charge in [0.15, 0.2) is 5.65 Å². The summed E-state index contributed by atoms with van der Waals surface area (Å²) in [5, 5.41) is 8.88. The summed E-state index contributed by atoms with van der Waals surface area (Å²) >= 11 is 0. The zero-order valence-electron chi connectivity index (χ0n) is 14.7. The van der Waals surface area contributed by atoms with Crippen LogP contribution in [0.25, 0.3) is 16.7 Å². The van der Waals surface area contributed by atoms with Gasteiger partial charge in [-0.05, 0) is 31.6 Å². The van der Waals surface area contributed by atoms with Gasteiger partial charge in [-0.15, -0.1) is 0 Å². The van der Waals surface area contributed by atoms with E-state index in [1.54, 1.807) is 6.33 Å². The van der Waals surface area contributed by atoms with Crippen molar-refractivity contribution in [3.8, 4) is 5.69 Å². The first-order valence-electron chi connectivity index (χ1n) is 8.09. The molecule has 0 amide bonds. The minimum Gasteiger partial charge on any atom is -0.369 e. The number of para-hydroxylation sites is 1. The third kappa shape index (κ3) is 3.54. The maximum atomic E-state index is 4.48. The van der Waals surface area contributed by atoms with Crippen molar-refractivity contribution in [2.75, 3.05) is 32.5 Å². The van der Waals surface area contributed by atoms with Crippen LogP contribution in [-0.4, -0.2) is 51.8 Å². The molecule has 1 N–H and O–H groups in total. The highest BCUT2D eigenvalue weighted by Gasteiger charge is 2.20. The Hall–Kier alpha value is -2.47. The van der Waals surface area contributed by atoms with Crippen molar-refractivity contribution >= 4 is 16.9 Å². The van der Waals surface area contributed by atoms with Gasteiger partial charge in [-0.1, -0.05) is 32.0 Å². The van der Waals surface area contributed by atoms with Crippen molar-refractivity contribution in [2.45, 2.75) is 13.8 Å². The summed E-state index contributed by atoms with van der Waals surface area (Å²) in [6.45, 7) is 6.31. The Bertz CT molecular complexity index is 807. The molecule has 0 aliphatic carbocycles. The van der Waals surface area contributed by atoms with Crippen LogP contribution < -0.4 is 5.32 Å². The van der Waals surface area contributed by atoms with Gasteiger partial charge < -0.3 is 10.2 Å². The second-order valence-electron chi connectivity index (χ2n) is 7.11. The summed E-state index contributed by atoms with van der Waals surface area (Å²) in [7, 11) is 4.18. The highest BCUT2D eigenvalue weighted by atomic mass is 15.3. The molecule has 6 heteroatoms. The van der Waals surface area contributed by atoms with Crippen molar-refractivity contribution in [1.82, 2.24) is 24.6 Å². The van der Waals surface area contributed by atoms with Crippen LogP contribution in [0.3, 0.4) is 0 Å². The van der Waals surface area contributed by atoms with Crippen molar-refractivity contribution in [3.63, 3.8) is 0 Å². The van der Waals surface area contributed by atoms with Gasteiger partial charge in [-0.3, -0.25) is 0 Å². The largest absolute Gasteiger partial charge is 0.369 e. The van der Waals surface area contributed by atoms with Gasteiger partial charge >= 0.3 is 0 Å². The third-order valence-corrected chi connectivity index (χ3v) is 3.85. The SMILES string of the molecule is CN(C)CC(C)(C)CNc1ncnc2c1cnn2-c1ccccc1. The Morgan fingerprint density at radius 1 is 1.12 bits per heavy atom. The van der Waals surface area contributed by atoms with E-state index < -0.39 is 0 Å². The molecule has 0 atom stereocenters. The lowest BCUT2D eigenvalue weighted by molar-refractivity contribution is 0.254. The van der Waals surface area contributed by atoms with Crippen LogP contribution in [-0.2, 0) is 0 Å². The minimum absolute atomic E-state index is 0.135. The fourth-order valence-electron chi connectivity index (χ4n) is 2.98. The lowest BCUT2D eigenvalue weighted by atomic mass is 9.93. The molecule has 0 fully saturated rings. The minimum atomic E-state index is 0.135. The van der Waals surface area contributed by atoms with Gasteiger partial charge in [0.2, 0.25) is 0 Å². The number of anilines is 1. The highest BCUT2D eigenvalue weighted by molar-refractivity contribution is 5.87. The highest BCUT2D eigenvalue weighted by Crippen LogP contribution is 2.23. The van der Waals surface area contributed by atoms with Crippen LogP contribution in [0.15, 0.2) is 42.9 Å². The second-order valence-corrected chi connectivity index (χ2v) is 7.11. The van der Waals surface area contributed by atoms with Crippen LogP contribution in [0.5, 0.6) is 0 Å². The number of nitrogens with zero attached hydrogens (tertiary/aromatic N) is 5. The topological polar surface area (TPSA) is 58.9 Å². The lowest BCUT2D eigenvalue weighted by Crippen LogP contribution is -2.34. The van der Waals surface area contributed by atoms with Gasteiger partial charge in [0, 0.05) is 13.1 Å². The fraction of sp³-hybridized carbons (Fsp3) is 0.389. The molecule has 0 unspecified atom stereocenters. The Morgan fingerprint density at radius 2 is 1.88 bits per heavy atom. The Balaban J connectivity index is 1.87. The molecule has 0 saturated heterocycles. The van der Waals surface area contributed by atoms with E-state index in [1.807, 2.05) is 41.2 Å². The van der Waals surface area contributed by atoms with E-state index in [2.05, 4.69) is 53.2 Å². The monoisotopic (exact) mass is 324 g/mol. The van der Waals surface area contributed by atoms with E-state index in [1.165, 1.54) is 0 Å². The van der Waals surface area contributed by atoms with Crippen molar-refractivity contribution in [3.05, 3.63) is 42.9 Å². The summed E-state index contributed by atoms with van der Waals surface area (Å²) in [4.78, 5) is 11.0. The van der Waals surface area contributed by atoms with E-state index in [-0.39, 0.29) is 5.41 Å². The molecule has 0 radical (unpaired) electrons. The molecule has 24 heavy (non-hydrogen) atoms. The fourth-order valence-corrected chi connectivity index (χ4v) is 2.98. The first-order valence-corrected chi connectivity index (χ1v) is 8.09. The van der Waals surface area contributed by atoms with Crippen LogP contribution in [0.2, 0.25) is 0 Å². The van der Waals surface area contributed by atoms with Crippen LogP contribution in [0.4, 0.5) is 5.82 Å². The molecule has 0 aliphatic rings. The summed E-state index contributed by atoms with van der Waals surface area (Å²) in [6.07, 6.45) is 3.41. The number of nitrogens with one attached hydrogen (secondary N) is 1. The quantitative estimate of drug-likeness (QED) is 0.755. The zero-order chi connectivity index (χ0) is 17.2. The number of rotatable bonds is 6. The standard InChI is InChI=1S/C18H24N6/c1-18(2,12-23(3)4)11-19-16-15-10-22-24(17(15)21-13-20-16)14-8-6-5-7-9-14/h5-10,13H,11-12H2,1-4H3,(H,19,20,21). The van der Waals surface area contributed by atoms with E-state index in [9.17, 15) is 0 Å². The molecule has 0 aliphatic heterocycles. The van der Waals surface area contributed by atoms with Crippen LogP contribution in [0, 0.1) is 5.41 Å². The smallest absolute Gasteiger partial charge is 0.168 e. The molecule has 3 rings (SSSR count).